The highest BCUT2D eigenvalue weighted by Gasteiger charge is 2.11. The van der Waals surface area contributed by atoms with Crippen LogP contribution in [0.4, 0.5) is 16.2 Å². The van der Waals surface area contributed by atoms with E-state index in [1.807, 2.05) is 24.3 Å². The topological polar surface area (TPSA) is 70.2 Å². The van der Waals surface area contributed by atoms with Crippen LogP contribution in [0.5, 0.6) is 0 Å². The lowest BCUT2D eigenvalue weighted by Crippen LogP contribution is -2.29. The Morgan fingerprint density at radius 2 is 1.71 bits per heavy atom. The molecule has 2 aromatic carbocycles. The van der Waals surface area contributed by atoms with E-state index in [0.717, 1.165) is 29.8 Å². The Bertz CT molecular complexity index is 941. The zero-order chi connectivity index (χ0) is 19.9. The lowest BCUT2D eigenvalue weighted by Gasteiger charge is -2.20. The molecular weight excluding hydrogens is 357 g/mol. The Morgan fingerprint density at radius 3 is 2.43 bits per heavy atom. The molecule has 0 spiro atoms. The number of carbonyl (C=O) groups excluding carboxylic acids is 1. The van der Waals surface area contributed by atoms with E-state index in [-0.39, 0.29) is 11.7 Å². The van der Waals surface area contributed by atoms with Crippen molar-refractivity contribution in [2.24, 2.45) is 0 Å². The summed E-state index contributed by atoms with van der Waals surface area (Å²) in [6, 6.07) is 13.3. The molecule has 0 aliphatic carbocycles. The summed E-state index contributed by atoms with van der Waals surface area (Å²) in [5.74, 6) is 0.820. The lowest BCUT2D eigenvalue weighted by molar-refractivity contribution is 0.0955. The van der Waals surface area contributed by atoms with Gasteiger partial charge in [0.25, 0.3) is 5.91 Å². The van der Waals surface area contributed by atoms with Crippen molar-refractivity contribution in [3.63, 3.8) is 0 Å². The fourth-order valence-corrected chi connectivity index (χ4v) is 2.91. The average Bonchev–Trinajstić information content (AvgIpc) is 2.72. The van der Waals surface area contributed by atoms with Gasteiger partial charge in [0.1, 0.15) is 11.6 Å². The van der Waals surface area contributed by atoms with Gasteiger partial charge in [-0.25, -0.2) is 9.37 Å². The third-order valence-electron chi connectivity index (χ3n) is 4.45. The number of nitrogens with one attached hydrogen (secondary N) is 2. The minimum atomic E-state index is -0.363. The van der Waals surface area contributed by atoms with Crippen LogP contribution in [0, 0.1) is 5.82 Å². The monoisotopic (exact) mass is 381 g/mol. The van der Waals surface area contributed by atoms with Crippen LogP contribution < -0.4 is 15.5 Å². The quantitative estimate of drug-likeness (QED) is 0.585. The van der Waals surface area contributed by atoms with Crippen molar-refractivity contribution in [1.82, 2.24) is 15.3 Å². The Hall–Kier alpha value is -3.22. The van der Waals surface area contributed by atoms with Gasteiger partial charge in [-0.2, -0.15) is 4.98 Å². The van der Waals surface area contributed by atoms with Crippen molar-refractivity contribution in [3.8, 4) is 0 Å². The number of hydrogen-bond donors (Lipinski definition) is 2. The number of carbonyl (C=O) groups is 1. The van der Waals surface area contributed by atoms with E-state index in [1.165, 1.54) is 24.3 Å². The minimum absolute atomic E-state index is 0.238. The fraction of sp³-hybridized carbons (Fsp3) is 0.286. The van der Waals surface area contributed by atoms with Gasteiger partial charge in [-0.15, -0.1) is 0 Å². The third kappa shape index (κ3) is 4.54. The first-order valence-corrected chi connectivity index (χ1v) is 9.41. The molecule has 0 radical (unpaired) electrons. The summed E-state index contributed by atoms with van der Waals surface area (Å²) >= 11 is 0. The number of anilines is 2. The van der Waals surface area contributed by atoms with Crippen LogP contribution >= 0.6 is 0 Å². The first-order chi connectivity index (χ1) is 13.6. The van der Waals surface area contributed by atoms with Gasteiger partial charge in [-0.1, -0.05) is 12.1 Å². The number of halogens is 1. The molecule has 7 heteroatoms. The van der Waals surface area contributed by atoms with E-state index in [9.17, 15) is 9.18 Å². The molecule has 0 saturated carbocycles. The molecule has 3 rings (SSSR count). The molecule has 1 amide bonds. The van der Waals surface area contributed by atoms with Gasteiger partial charge in [0.05, 0.1) is 5.52 Å². The predicted octanol–water partition coefficient (Wildman–Crippen LogP) is 3.46. The number of hydrogen-bond acceptors (Lipinski definition) is 5. The maximum atomic E-state index is 13.0. The second-order valence-electron chi connectivity index (χ2n) is 6.25. The Kier molecular flexibility index (Phi) is 6.37. The van der Waals surface area contributed by atoms with Crippen LogP contribution in [0.2, 0.25) is 0 Å². The first kappa shape index (κ1) is 19.5. The second-order valence-corrected chi connectivity index (χ2v) is 6.25. The summed E-state index contributed by atoms with van der Waals surface area (Å²) in [4.78, 5) is 23.5. The third-order valence-corrected chi connectivity index (χ3v) is 4.45. The summed E-state index contributed by atoms with van der Waals surface area (Å²) in [5.41, 5.74) is 1.30. The molecule has 1 heterocycles. The Morgan fingerprint density at radius 1 is 1.00 bits per heavy atom. The summed E-state index contributed by atoms with van der Waals surface area (Å²) in [6.45, 7) is 6.70. The van der Waals surface area contributed by atoms with E-state index < -0.39 is 0 Å². The Balaban J connectivity index is 1.67. The normalized spacial score (nSPS) is 10.7. The average molecular weight is 381 g/mol. The van der Waals surface area contributed by atoms with Gasteiger partial charge in [0.15, 0.2) is 0 Å². The fourth-order valence-electron chi connectivity index (χ4n) is 2.91. The highest BCUT2D eigenvalue weighted by Crippen LogP contribution is 2.23. The molecule has 28 heavy (non-hydrogen) atoms. The zero-order valence-electron chi connectivity index (χ0n) is 16.1. The number of aromatic nitrogens is 2. The van der Waals surface area contributed by atoms with E-state index in [4.69, 9.17) is 0 Å². The van der Waals surface area contributed by atoms with Crippen molar-refractivity contribution in [2.75, 3.05) is 36.4 Å². The number of benzene rings is 2. The van der Waals surface area contributed by atoms with Crippen molar-refractivity contribution in [1.29, 1.82) is 0 Å². The van der Waals surface area contributed by atoms with Gasteiger partial charge < -0.3 is 15.5 Å². The van der Waals surface area contributed by atoms with E-state index in [1.54, 1.807) is 0 Å². The summed E-state index contributed by atoms with van der Waals surface area (Å²) in [7, 11) is 0. The van der Waals surface area contributed by atoms with Crippen LogP contribution in [-0.4, -0.2) is 42.1 Å². The van der Waals surface area contributed by atoms with Gasteiger partial charge in [-0.3, -0.25) is 4.79 Å². The molecule has 0 saturated heterocycles. The molecule has 0 aliphatic rings. The van der Waals surface area contributed by atoms with Crippen LogP contribution in [0.25, 0.3) is 10.9 Å². The number of rotatable bonds is 8. The molecule has 0 bridgehead atoms. The molecule has 3 aromatic rings. The number of nitrogens with zero attached hydrogens (tertiary/aromatic N) is 3. The van der Waals surface area contributed by atoms with E-state index in [2.05, 4.69) is 39.3 Å². The molecule has 0 aliphatic heterocycles. The van der Waals surface area contributed by atoms with Gasteiger partial charge >= 0.3 is 0 Å². The maximum Gasteiger partial charge on any atom is 0.251 e. The number of fused-ring (bicyclic) bond motifs is 1. The largest absolute Gasteiger partial charge is 0.368 e. The molecule has 146 valence electrons. The molecule has 1 aromatic heterocycles. The zero-order valence-corrected chi connectivity index (χ0v) is 16.1. The van der Waals surface area contributed by atoms with E-state index in [0.29, 0.717) is 24.6 Å². The molecule has 2 N–H and O–H groups in total. The van der Waals surface area contributed by atoms with Crippen LogP contribution in [-0.2, 0) is 0 Å². The van der Waals surface area contributed by atoms with E-state index >= 15 is 0 Å². The number of para-hydroxylation sites is 1. The maximum absolute atomic E-state index is 13.0. The molecule has 0 atom stereocenters. The Labute approximate surface area is 163 Å². The molecular formula is C21H24FN5O. The summed E-state index contributed by atoms with van der Waals surface area (Å²) in [5, 5.41) is 7.05. The SMILES string of the molecule is CCN(CC)c1nc(NCCNC(=O)c2ccc(F)cc2)c2ccccc2n1. The minimum Gasteiger partial charge on any atom is -0.368 e. The lowest BCUT2D eigenvalue weighted by atomic mass is 10.2. The van der Waals surface area contributed by atoms with Gasteiger partial charge in [-0.05, 0) is 50.2 Å². The van der Waals surface area contributed by atoms with Crippen molar-refractivity contribution in [3.05, 3.63) is 59.9 Å². The first-order valence-electron chi connectivity index (χ1n) is 9.41. The summed E-state index contributed by atoms with van der Waals surface area (Å²) < 4.78 is 13.0. The van der Waals surface area contributed by atoms with Crippen molar-refractivity contribution < 1.29 is 9.18 Å². The summed E-state index contributed by atoms with van der Waals surface area (Å²) in [6.07, 6.45) is 0. The van der Waals surface area contributed by atoms with Crippen molar-refractivity contribution >= 4 is 28.6 Å². The standard InChI is InChI=1S/C21H24FN5O/c1-3-27(4-2)21-25-18-8-6-5-7-17(18)19(26-21)23-13-14-24-20(28)15-9-11-16(22)12-10-15/h5-12H,3-4,13-14H2,1-2H3,(H,24,28)(H,23,25,26). The number of amides is 1. The molecule has 0 unspecified atom stereocenters. The van der Waals surface area contributed by atoms with Crippen LogP contribution in [0.1, 0.15) is 24.2 Å². The van der Waals surface area contributed by atoms with Crippen molar-refractivity contribution in [2.45, 2.75) is 13.8 Å². The predicted molar refractivity (Wildman–Crippen MR) is 110 cm³/mol. The smallest absolute Gasteiger partial charge is 0.251 e. The van der Waals surface area contributed by atoms with Gasteiger partial charge in [0, 0.05) is 37.1 Å². The molecule has 6 nitrogen and oxygen atoms in total. The van der Waals surface area contributed by atoms with Gasteiger partial charge in [0.2, 0.25) is 5.95 Å². The van der Waals surface area contributed by atoms with Crippen LogP contribution in [0.15, 0.2) is 48.5 Å². The highest BCUT2D eigenvalue weighted by molar-refractivity contribution is 5.94. The van der Waals surface area contributed by atoms with Crippen LogP contribution in [0.3, 0.4) is 0 Å². The highest BCUT2D eigenvalue weighted by atomic mass is 19.1. The second kappa shape index (κ2) is 9.12. The molecule has 0 fully saturated rings.